The molecule has 0 spiro atoms. The molecule has 4 heteroatoms. The van der Waals surface area contributed by atoms with Crippen LogP contribution in [0.3, 0.4) is 0 Å². The third-order valence-corrected chi connectivity index (χ3v) is 2.69. The van der Waals surface area contributed by atoms with E-state index in [-0.39, 0.29) is 12.2 Å². The molecule has 3 nitrogen and oxygen atoms in total. The number of hydrogen-bond acceptors (Lipinski definition) is 2. The zero-order chi connectivity index (χ0) is 9.84. The first-order chi connectivity index (χ1) is 6.11. The minimum absolute atomic E-state index is 0.0492. The molecule has 1 rings (SSSR count). The molecule has 0 fully saturated rings. The summed E-state index contributed by atoms with van der Waals surface area (Å²) in [7, 11) is 0. The zero-order valence-electron chi connectivity index (χ0n) is 6.83. The van der Waals surface area contributed by atoms with Gasteiger partial charge >= 0.3 is 5.97 Å². The summed E-state index contributed by atoms with van der Waals surface area (Å²) in [5, 5.41) is 17.9. The Morgan fingerprint density at radius 3 is 2.69 bits per heavy atom. The number of carbonyl (C=O) groups is 1. The maximum Gasteiger partial charge on any atom is 0.303 e. The number of phenolic OH excluding ortho intramolecular Hbond substituents is 1. The Morgan fingerprint density at radius 2 is 2.15 bits per heavy atom. The number of carboxylic acids is 1. The van der Waals surface area contributed by atoms with Gasteiger partial charge in [0, 0.05) is 15.6 Å². The molecule has 70 valence electrons. The second kappa shape index (κ2) is 4.45. The Hall–Kier alpha value is -0.780. The van der Waals surface area contributed by atoms with Crippen LogP contribution in [-0.2, 0) is 11.2 Å². The van der Waals surface area contributed by atoms with E-state index in [1.54, 1.807) is 12.1 Å². The van der Waals surface area contributed by atoms with Crippen LogP contribution in [0.25, 0.3) is 0 Å². The average molecular weight is 292 g/mol. The average Bonchev–Trinajstić information content (AvgIpc) is 2.03. The SMILES string of the molecule is O=C(O)CCc1c(O)cccc1I. The van der Waals surface area contributed by atoms with Crippen molar-refractivity contribution >= 4 is 28.6 Å². The summed E-state index contributed by atoms with van der Waals surface area (Å²) in [6, 6.07) is 5.15. The van der Waals surface area contributed by atoms with Gasteiger partial charge < -0.3 is 10.2 Å². The molecule has 0 aliphatic rings. The van der Waals surface area contributed by atoms with Crippen molar-refractivity contribution in [1.82, 2.24) is 0 Å². The van der Waals surface area contributed by atoms with E-state index in [4.69, 9.17) is 5.11 Å². The van der Waals surface area contributed by atoms with Gasteiger partial charge in [0.15, 0.2) is 0 Å². The molecule has 0 bridgehead atoms. The van der Waals surface area contributed by atoms with Gasteiger partial charge in [-0.1, -0.05) is 6.07 Å². The highest BCUT2D eigenvalue weighted by molar-refractivity contribution is 14.1. The van der Waals surface area contributed by atoms with Crippen LogP contribution in [0, 0.1) is 3.57 Å². The molecule has 1 aromatic carbocycles. The lowest BCUT2D eigenvalue weighted by atomic mass is 10.1. The molecule has 0 aliphatic carbocycles. The Bertz CT molecular complexity index is 302. The molecule has 0 saturated heterocycles. The molecule has 0 amide bonds. The summed E-state index contributed by atoms with van der Waals surface area (Å²) in [4.78, 5) is 10.3. The summed E-state index contributed by atoms with van der Waals surface area (Å²) in [6.07, 6.45) is 0.424. The highest BCUT2D eigenvalue weighted by Crippen LogP contribution is 2.23. The summed E-state index contributed by atoms with van der Waals surface area (Å²) < 4.78 is 0.902. The standard InChI is InChI=1S/C9H9IO3/c10-7-2-1-3-8(11)6(7)4-5-9(12)13/h1-3,11H,4-5H2,(H,12,13). The van der Waals surface area contributed by atoms with E-state index >= 15 is 0 Å². The van der Waals surface area contributed by atoms with E-state index in [1.165, 1.54) is 0 Å². The molecular weight excluding hydrogens is 283 g/mol. The predicted octanol–water partition coefficient (Wildman–Crippen LogP) is 2.01. The van der Waals surface area contributed by atoms with Gasteiger partial charge in [-0.25, -0.2) is 0 Å². The maximum atomic E-state index is 10.3. The molecule has 0 radical (unpaired) electrons. The highest BCUT2D eigenvalue weighted by Gasteiger charge is 2.07. The topological polar surface area (TPSA) is 57.5 Å². The minimum atomic E-state index is -0.848. The molecule has 13 heavy (non-hydrogen) atoms. The molecular formula is C9H9IO3. The van der Waals surface area contributed by atoms with Crippen molar-refractivity contribution in [3.8, 4) is 5.75 Å². The largest absolute Gasteiger partial charge is 0.508 e. The molecule has 0 atom stereocenters. The number of aromatic hydroxyl groups is 1. The van der Waals surface area contributed by atoms with E-state index in [9.17, 15) is 9.90 Å². The van der Waals surface area contributed by atoms with Crippen LogP contribution in [0.4, 0.5) is 0 Å². The summed E-state index contributed by atoms with van der Waals surface area (Å²) >= 11 is 2.08. The number of aliphatic carboxylic acids is 1. The number of benzene rings is 1. The molecule has 1 aromatic rings. The van der Waals surface area contributed by atoms with Gasteiger partial charge in [0.25, 0.3) is 0 Å². The van der Waals surface area contributed by atoms with E-state index in [1.807, 2.05) is 6.07 Å². The van der Waals surface area contributed by atoms with Gasteiger partial charge in [-0.05, 0) is 41.1 Å². The first kappa shape index (κ1) is 10.3. The molecule has 0 unspecified atom stereocenters. The van der Waals surface area contributed by atoms with E-state index < -0.39 is 5.97 Å². The Labute approximate surface area is 89.5 Å². The van der Waals surface area contributed by atoms with Gasteiger partial charge in [0.05, 0.1) is 0 Å². The summed E-state index contributed by atoms with van der Waals surface area (Å²) in [5.41, 5.74) is 0.713. The van der Waals surface area contributed by atoms with E-state index in [2.05, 4.69) is 22.6 Å². The highest BCUT2D eigenvalue weighted by atomic mass is 127. The van der Waals surface area contributed by atoms with Crippen LogP contribution in [0.1, 0.15) is 12.0 Å². The number of halogens is 1. The van der Waals surface area contributed by atoms with Crippen molar-refractivity contribution in [3.05, 3.63) is 27.3 Å². The number of hydrogen-bond donors (Lipinski definition) is 2. The van der Waals surface area contributed by atoms with Crippen LogP contribution < -0.4 is 0 Å². The fourth-order valence-electron chi connectivity index (χ4n) is 1.03. The lowest BCUT2D eigenvalue weighted by molar-refractivity contribution is -0.136. The van der Waals surface area contributed by atoms with Gasteiger partial charge in [0.2, 0.25) is 0 Å². The van der Waals surface area contributed by atoms with Crippen LogP contribution in [0.5, 0.6) is 5.75 Å². The minimum Gasteiger partial charge on any atom is -0.508 e. The number of carboxylic acid groups (broad SMARTS) is 1. The summed E-state index contributed by atoms with van der Waals surface area (Å²) in [6.45, 7) is 0. The zero-order valence-corrected chi connectivity index (χ0v) is 8.98. The normalized spacial score (nSPS) is 9.92. The van der Waals surface area contributed by atoms with Gasteiger partial charge in [0.1, 0.15) is 5.75 Å². The Kier molecular flexibility index (Phi) is 3.53. The molecule has 0 heterocycles. The lowest BCUT2D eigenvalue weighted by Crippen LogP contribution is -1.99. The molecule has 0 saturated carbocycles. The van der Waals surface area contributed by atoms with Gasteiger partial charge in [-0.3, -0.25) is 4.79 Å². The molecule has 2 N–H and O–H groups in total. The monoisotopic (exact) mass is 292 g/mol. The van der Waals surface area contributed by atoms with Crippen molar-refractivity contribution in [2.75, 3.05) is 0 Å². The second-order valence-electron chi connectivity index (χ2n) is 2.63. The van der Waals surface area contributed by atoms with Gasteiger partial charge in [-0.2, -0.15) is 0 Å². The van der Waals surface area contributed by atoms with Gasteiger partial charge in [-0.15, -0.1) is 0 Å². The smallest absolute Gasteiger partial charge is 0.303 e. The molecule has 0 aliphatic heterocycles. The molecule has 0 aromatic heterocycles. The van der Waals surface area contributed by atoms with E-state index in [0.29, 0.717) is 12.0 Å². The Balaban J connectivity index is 2.81. The fraction of sp³-hybridized carbons (Fsp3) is 0.222. The van der Waals surface area contributed by atoms with Crippen LogP contribution >= 0.6 is 22.6 Å². The maximum absolute atomic E-state index is 10.3. The van der Waals surface area contributed by atoms with Crippen molar-refractivity contribution in [2.45, 2.75) is 12.8 Å². The predicted molar refractivity (Wildman–Crippen MR) is 56.8 cm³/mol. The van der Waals surface area contributed by atoms with Crippen molar-refractivity contribution in [3.63, 3.8) is 0 Å². The number of rotatable bonds is 3. The van der Waals surface area contributed by atoms with Crippen LogP contribution in [0.2, 0.25) is 0 Å². The van der Waals surface area contributed by atoms with Crippen molar-refractivity contribution < 1.29 is 15.0 Å². The quantitative estimate of drug-likeness (QED) is 0.838. The summed E-state index contributed by atoms with van der Waals surface area (Å²) in [5.74, 6) is -0.674. The van der Waals surface area contributed by atoms with E-state index in [0.717, 1.165) is 3.57 Å². The second-order valence-corrected chi connectivity index (χ2v) is 3.79. The van der Waals surface area contributed by atoms with Crippen LogP contribution in [0.15, 0.2) is 18.2 Å². The first-order valence-corrected chi connectivity index (χ1v) is 4.87. The van der Waals surface area contributed by atoms with Crippen LogP contribution in [-0.4, -0.2) is 16.2 Å². The number of phenols is 1. The third kappa shape index (κ3) is 2.87. The fourth-order valence-corrected chi connectivity index (χ4v) is 1.78. The lowest BCUT2D eigenvalue weighted by Gasteiger charge is -2.04. The van der Waals surface area contributed by atoms with Crippen molar-refractivity contribution in [2.24, 2.45) is 0 Å². The third-order valence-electron chi connectivity index (χ3n) is 1.68. The Morgan fingerprint density at radius 1 is 1.46 bits per heavy atom. The first-order valence-electron chi connectivity index (χ1n) is 3.79. The van der Waals surface area contributed by atoms with Crippen molar-refractivity contribution in [1.29, 1.82) is 0 Å².